The highest BCUT2D eigenvalue weighted by Gasteiger charge is 2.10. The number of nitrogens with zero attached hydrogens (tertiary/aromatic N) is 2. The molecule has 0 spiro atoms. The van der Waals surface area contributed by atoms with E-state index >= 15 is 0 Å². The molecule has 0 aliphatic carbocycles. The molecular formula is C12H14BrN3O. The van der Waals surface area contributed by atoms with Crippen molar-refractivity contribution in [1.29, 1.82) is 0 Å². The number of aromatic nitrogens is 2. The van der Waals surface area contributed by atoms with Gasteiger partial charge < -0.3 is 10.3 Å². The predicted molar refractivity (Wildman–Crippen MR) is 69.5 cm³/mol. The van der Waals surface area contributed by atoms with E-state index in [1.807, 2.05) is 25.1 Å². The number of halogens is 1. The molecule has 0 fully saturated rings. The van der Waals surface area contributed by atoms with Crippen LogP contribution in [0.25, 0.3) is 11.4 Å². The summed E-state index contributed by atoms with van der Waals surface area (Å²) < 4.78 is 6.22. The maximum Gasteiger partial charge on any atom is 0.227 e. The molecule has 5 heteroatoms. The summed E-state index contributed by atoms with van der Waals surface area (Å²) in [5, 5.41) is 3.99. The fourth-order valence-corrected chi connectivity index (χ4v) is 2.07. The number of aryl methyl sites for hydroxylation is 2. The third kappa shape index (κ3) is 2.92. The van der Waals surface area contributed by atoms with E-state index in [1.165, 1.54) is 0 Å². The zero-order valence-corrected chi connectivity index (χ0v) is 11.2. The van der Waals surface area contributed by atoms with Crippen LogP contribution in [0.2, 0.25) is 0 Å². The molecule has 0 aliphatic rings. The van der Waals surface area contributed by atoms with Gasteiger partial charge in [0.25, 0.3) is 0 Å². The topological polar surface area (TPSA) is 64.9 Å². The number of hydrogen-bond acceptors (Lipinski definition) is 4. The Labute approximate surface area is 108 Å². The quantitative estimate of drug-likeness (QED) is 0.942. The van der Waals surface area contributed by atoms with Crippen molar-refractivity contribution in [2.45, 2.75) is 19.8 Å². The van der Waals surface area contributed by atoms with Crippen LogP contribution >= 0.6 is 15.9 Å². The van der Waals surface area contributed by atoms with Crippen LogP contribution in [0.4, 0.5) is 0 Å². The van der Waals surface area contributed by atoms with Crippen molar-refractivity contribution in [1.82, 2.24) is 10.1 Å². The summed E-state index contributed by atoms with van der Waals surface area (Å²) in [5.41, 5.74) is 7.55. The van der Waals surface area contributed by atoms with Crippen molar-refractivity contribution in [3.05, 3.63) is 34.1 Å². The summed E-state index contributed by atoms with van der Waals surface area (Å²) in [5.74, 6) is 1.29. The van der Waals surface area contributed by atoms with Crippen LogP contribution in [0.15, 0.2) is 27.2 Å². The van der Waals surface area contributed by atoms with Crippen molar-refractivity contribution in [2.24, 2.45) is 5.73 Å². The van der Waals surface area contributed by atoms with Crippen molar-refractivity contribution < 1.29 is 4.52 Å². The Hall–Kier alpha value is -1.20. The Morgan fingerprint density at radius 2 is 2.24 bits per heavy atom. The van der Waals surface area contributed by atoms with E-state index in [1.54, 1.807) is 0 Å². The Morgan fingerprint density at radius 3 is 2.94 bits per heavy atom. The van der Waals surface area contributed by atoms with Gasteiger partial charge in [-0.15, -0.1) is 0 Å². The summed E-state index contributed by atoms with van der Waals surface area (Å²) in [6.45, 7) is 2.66. The molecular weight excluding hydrogens is 282 g/mol. The fourth-order valence-electron chi connectivity index (χ4n) is 1.60. The van der Waals surface area contributed by atoms with E-state index < -0.39 is 0 Å². The van der Waals surface area contributed by atoms with E-state index in [4.69, 9.17) is 10.3 Å². The molecule has 17 heavy (non-hydrogen) atoms. The lowest BCUT2D eigenvalue weighted by atomic mass is 10.1. The van der Waals surface area contributed by atoms with Gasteiger partial charge in [0.2, 0.25) is 11.7 Å². The molecule has 2 aromatic rings. The molecule has 0 saturated carbocycles. The van der Waals surface area contributed by atoms with Crippen LogP contribution in [0.3, 0.4) is 0 Å². The summed E-state index contributed by atoms with van der Waals surface area (Å²) in [7, 11) is 0. The molecule has 1 aromatic heterocycles. The van der Waals surface area contributed by atoms with E-state index in [0.29, 0.717) is 18.3 Å². The van der Waals surface area contributed by atoms with Crippen molar-refractivity contribution in [3.8, 4) is 11.4 Å². The zero-order chi connectivity index (χ0) is 12.3. The van der Waals surface area contributed by atoms with Crippen molar-refractivity contribution >= 4 is 15.9 Å². The van der Waals surface area contributed by atoms with Crippen molar-refractivity contribution in [3.63, 3.8) is 0 Å². The van der Waals surface area contributed by atoms with Gasteiger partial charge in [-0.2, -0.15) is 4.98 Å². The van der Waals surface area contributed by atoms with Crippen LogP contribution in [0.1, 0.15) is 17.9 Å². The number of benzene rings is 1. The minimum Gasteiger partial charge on any atom is -0.339 e. The van der Waals surface area contributed by atoms with Crippen LogP contribution in [0, 0.1) is 6.92 Å². The van der Waals surface area contributed by atoms with Gasteiger partial charge in [-0.25, -0.2) is 0 Å². The molecule has 90 valence electrons. The van der Waals surface area contributed by atoms with E-state index in [2.05, 4.69) is 26.1 Å². The lowest BCUT2D eigenvalue weighted by molar-refractivity contribution is 0.376. The van der Waals surface area contributed by atoms with Gasteiger partial charge in [0.1, 0.15) is 0 Å². The van der Waals surface area contributed by atoms with Gasteiger partial charge in [0, 0.05) is 16.5 Å². The van der Waals surface area contributed by atoms with Crippen LogP contribution in [-0.4, -0.2) is 16.7 Å². The summed E-state index contributed by atoms with van der Waals surface area (Å²) in [4.78, 5) is 4.36. The summed E-state index contributed by atoms with van der Waals surface area (Å²) in [6.07, 6.45) is 1.60. The SMILES string of the molecule is Cc1cc(Br)ccc1-c1noc(CCCN)n1. The molecule has 2 N–H and O–H groups in total. The highest BCUT2D eigenvalue weighted by atomic mass is 79.9. The standard InChI is InChI=1S/C12H14BrN3O/c1-8-7-9(13)4-5-10(8)12-15-11(17-16-12)3-2-6-14/h4-5,7H,2-3,6,14H2,1H3. The minimum absolute atomic E-state index is 0.634. The molecule has 1 aromatic carbocycles. The highest BCUT2D eigenvalue weighted by molar-refractivity contribution is 9.10. The molecule has 1 heterocycles. The fraction of sp³-hybridized carbons (Fsp3) is 0.333. The van der Waals surface area contributed by atoms with Gasteiger partial charge in [-0.1, -0.05) is 21.1 Å². The van der Waals surface area contributed by atoms with Crippen LogP contribution < -0.4 is 5.73 Å². The molecule has 0 saturated heterocycles. The van der Waals surface area contributed by atoms with Crippen LogP contribution in [0.5, 0.6) is 0 Å². The smallest absolute Gasteiger partial charge is 0.227 e. The van der Waals surface area contributed by atoms with Gasteiger partial charge in [0.15, 0.2) is 0 Å². The molecule has 0 bridgehead atoms. The lowest BCUT2D eigenvalue weighted by Gasteiger charge is -2.00. The Kier molecular flexibility index (Phi) is 3.91. The Bertz CT molecular complexity index is 510. The molecule has 0 radical (unpaired) electrons. The molecule has 2 rings (SSSR count). The normalized spacial score (nSPS) is 10.8. The minimum atomic E-state index is 0.634. The van der Waals surface area contributed by atoms with Gasteiger partial charge in [-0.3, -0.25) is 0 Å². The first-order valence-corrected chi connectivity index (χ1v) is 6.29. The Morgan fingerprint density at radius 1 is 1.41 bits per heavy atom. The van der Waals surface area contributed by atoms with Gasteiger partial charge in [-0.05, 0) is 43.7 Å². The number of nitrogens with two attached hydrogens (primary N) is 1. The molecule has 0 atom stereocenters. The molecule has 4 nitrogen and oxygen atoms in total. The Balaban J connectivity index is 2.24. The first-order valence-electron chi connectivity index (χ1n) is 5.50. The van der Waals surface area contributed by atoms with E-state index in [9.17, 15) is 0 Å². The van der Waals surface area contributed by atoms with Gasteiger partial charge in [0.05, 0.1) is 0 Å². The molecule has 0 amide bonds. The number of rotatable bonds is 4. The van der Waals surface area contributed by atoms with E-state index in [0.717, 1.165) is 28.4 Å². The summed E-state index contributed by atoms with van der Waals surface area (Å²) >= 11 is 3.43. The third-order valence-electron chi connectivity index (χ3n) is 2.49. The monoisotopic (exact) mass is 295 g/mol. The second-order valence-electron chi connectivity index (χ2n) is 3.86. The predicted octanol–water partition coefficient (Wildman–Crippen LogP) is 2.70. The van der Waals surface area contributed by atoms with Gasteiger partial charge >= 0.3 is 0 Å². The first kappa shape index (κ1) is 12.3. The molecule has 0 aliphatic heterocycles. The average Bonchev–Trinajstić information content (AvgIpc) is 2.75. The zero-order valence-electron chi connectivity index (χ0n) is 9.61. The van der Waals surface area contributed by atoms with Crippen LogP contribution in [-0.2, 0) is 6.42 Å². The highest BCUT2D eigenvalue weighted by Crippen LogP contribution is 2.23. The first-order chi connectivity index (χ1) is 8.20. The van der Waals surface area contributed by atoms with Crippen molar-refractivity contribution in [2.75, 3.05) is 6.54 Å². The summed E-state index contributed by atoms with van der Waals surface area (Å²) in [6, 6.07) is 5.99. The lowest BCUT2D eigenvalue weighted by Crippen LogP contribution is -2.00. The maximum atomic E-state index is 5.44. The number of hydrogen-bond donors (Lipinski definition) is 1. The second-order valence-corrected chi connectivity index (χ2v) is 4.78. The third-order valence-corrected chi connectivity index (χ3v) is 2.99. The van der Waals surface area contributed by atoms with E-state index in [-0.39, 0.29) is 0 Å². The second kappa shape index (κ2) is 5.42. The molecule has 0 unspecified atom stereocenters. The largest absolute Gasteiger partial charge is 0.339 e. The maximum absolute atomic E-state index is 5.44. The average molecular weight is 296 g/mol.